The third kappa shape index (κ3) is 2.39. The van der Waals surface area contributed by atoms with E-state index in [1.54, 1.807) is 0 Å². The SMILES string of the molecule is [c]1ccc2cc3ccccc3c(-c3ccccc3-c3ccccc3)c2c1. The fourth-order valence-electron chi connectivity index (χ4n) is 3.81. The third-order valence-corrected chi connectivity index (χ3v) is 4.99. The van der Waals surface area contributed by atoms with Crippen LogP contribution in [0.15, 0.2) is 103 Å². The highest BCUT2D eigenvalue weighted by Crippen LogP contribution is 2.40. The van der Waals surface area contributed by atoms with Gasteiger partial charge in [-0.05, 0) is 62.0 Å². The molecular formula is C26H17. The molecule has 121 valence electrons. The van der Waals surface area contributed by atoms with Crippen LogP contribution in [-0.2, 0) is 0 Å². The molecule has 0 atom stereocenters. The zero-order valence-electron chi connectivity index (χ0n) is 14.3. The summed E-state index contributed by atoms with van der Waals surface area (Å²) in [6, 6.07) is 39.7. The van der Waals surface area contributed by atoms with E-state index in [2.05, 4.69) is 103 Å². The van der Waals surface area contributed by atoms with E-state index >= 15 is 0 Å². The summed E-state index contributed by atoms with van der Waals surface area (Å²) in [4.78, 5) is 0. The summed E-state index contributed by atoms with van der Waals surface area (Å²) < 4.78 is 0. The van der Waals surface area contributed by atoms with Gasteiger partial charge in [-0.15, -0.1) is 0 Å². The van der Waals surface area contributed by atoms with Crippen molar-refractivity contribution in [3.05, 3.63) is 109 Å². The quantitative estimate of drug-likeness (QED) is 0.302. The maximum Gasteiger partial charge on any atom is -0.00204 e. The Balaban J connectivity index is 1.94. The van der Waals surface area contributed by atoms with Gasteiger partial charge in [-0.2, -0.15) is 0 Å². The van der Waals surface area contributed by atoms with E-state index in [1.165, 1.54) is 43.8 Å². The fraction of sp³-hybridized carbons (Fsp3) is 0. The molecule has 0 aromatic heterocycles. The largest absolute Gasteiger partial charge is 0.0622 e. The topological polar surface area (TPSA) is 0 Å². The standard InChI is InChI=1S/C26H17/c1-2-10-19(11-3-1)22-14-8-9-17-25(22)26-23-15-6-4-12-20(23)18-21-13-5-7-16-24(21)26/h1-6,8-18H. The van der Waals surface area contributed by atoms with Crippen LogP contribution in [0.3, 0.4) is 0 Å². The van der Waals surface area contributed by atoms with E-state index in [4.69, 9.17) is 0 Å². The molecule has 0 heteroatoms. The molecule has 0 unspecified atom stereocenters. The smallest absolute Gasteiger partial charge is 0.00204 e. The van der Waals surface area contributed by atoms with E-state index in [0.717, 1.165) is 0 Å². The second-order valence-electron chi connectivity index (χ2n) is 6.53. The Morgan fingerprint density at radius 1 is 0.538 bits per heavy atom. The van der Waals surface area contributed by atoms with Crippen LogP contribution in [0.1, 0.15) is 0 Å². The van der Waals surface area contributed by atoms with Crippen LogP contribution in [-0.4, -0.2) is 0 Å². The van der Waals surface area contributed by atoms with Crippen molar-refractivity contribution in [3.8, 4) is 22.3 Å². The first-order valence-electron chi connectivity index (χ1n) is 8.88. The minimum atomic E-state index is 1.24. The van der Waals surface area contributed by atoms with Crippen molar-refractivity contribution in [2.45, 2.75) is 0 Å². The summed E-state index contributed by atoms with van der Waals surface area (Å²) in [6.07, 6.45) is 0. The summed E-state index contributed by atoms with van der Waals surface area (Å²) in [5.41, 5.74) is 5.05. The van der Waals surface area contributed by atoms with E-state index in [0.29, 0.717) is 0 Å². The summed E-state index contributed by atoms with van der Waals surface area (Å²) in [5, 5.41) is 5.04. The molecule has 0 aliphatic rings. The molecule has 5 aromatic carbocycles. The first-order valence-corrected chi connectivity index (χ1v) is 8.88. The average Bonchev–Trinajstić information content (AvgIpc) is 2.72. The Morgan fingerprint density at radius 3 is 2.12 bits per heavy atom. The molecule has 0 N–H and O–H groups in total. The fourth-order valence-corrected chi connectivity index (χ4v) is 3.81. The van der Waals surface area contributed by atoms with Crippen molar-refractivity contribution in [1.29, 1.82) is 0 Å². The van der Waals surface area contributed by atoms with Gasteiger partial charge in [0, 0.05) is 0 Å². The lowest BCUT2D eigenvalue weighted by Gasteiger charge is -2.16. The molecule has 5 rings (SSSR count). The van der Waals surface area contributed by atoms with Crippen molar-refractivity contribution in [2.75, 3.05) is 0 Å². The van der Waals surface area contributed by atoms with Crippen LogP contribution in [0.5, 0.6) is 0 Å². The lowest BCUT2D eigenvalue weighted by molar-refractivity contribution is 1.61. The van der Waals surface area contributed by atoms with Gasteiger partial charge in [0.05, 0.1) is 0 Å². The van der Waals surface area contributed by atoms with Crippen molar-refractivity contribution >= 4 is 21.5 Å². The van der Waals surface area contributed by atoms with Gasteiger partial charge in [0.15, 0.2) is 0 Å². The van der Waals surface area contributed by atoms with Crippen LogP contribution in [0, 0.1) is 6.07 Å². The Labute approximate surface area is 153 Å². The lowest BCUT2D eigenvalue weighted by Crippen LogP contribution is -1.89. The Hall–Kier alpha value is -3.38. The van der Waals surface area contributed by atoms with Crippen LogP contribution in [0.4, 0.5) is 0 Å². The zero-order valence-corrected chi connectivity index (χ0v) is 14.3. The van der Waals surface area contributed by atoms with E-state index in [1.807, 2.05) is 6.07 Å². The average molecular weight is 329 g/mol. The molecule has 1 radical (unpaired) electrons. The number of rotatable bonds is 2. The van der Waals surface area contributed by atoms with Gasteiger partial charge in [-0.3, -0.25) is 0 Å². The van der Waals surface area contributed by atoms with Crippen molar-refractivity contribution in [1.82, 2.24) is 0 Å². The highest BCUT2D eigenvalue weighted by atomic mass is 14.2. The van der Waals surface area contributed by atoms with Crippen LogP contribution in [0.25, 0.3) is 43.8 Å². The molecule has 0 bridgehead atoms. The molecule has 26 heavy (non-hydrogen) atoms. The van der Waals surface area contributed by atoms with Crippen molar-refractivity contribution in [2.24, 2.45) is 0 Å². The van der Waals surface area contributed by atoms with Gasteiger partial charge in [0.1, 0.15) is 0 Å². The van der Waals surface area contributed by atoms with Crippen LogP contribution >= 0.6 is 0 Å². The molecule has 5 aromatic rings. The van der Waals surface area contributed by atoms with Crippen LogP contribution in [0.2, 0.25) is 0 Å². The molecule has 0 amide bonds. The lowest BCUT2D eigenvalue weighted by atomic mass is 9.88. The highest BCUT2D eigenvalue weighted by Gasteiger charge is 2.13. The number of hydrogen-bond donors (Lipinski definition) is 0. The Morgan fingerprint density at radius 2 is 1.23 bits per heavy atom. The molecule has 0 spiro atoms. The van der Waals surface area contributed by atoms with Crippen molar-refractivity contribution in [3.63, 3.8) is 0 Å². The maximum absolute atomic E-state index is 3.27. The zero-order chi connectivity index (χ0) is 17.3. The normalized spacial score (nSPS) is 11.1. The van der Waals surface area contributed by atoms with Crippen LogP contribution < -0.4 is 0 Å². The van der Waals surface area contributed by atoms with Gasteiger partial charge in [-0.1, -0.05) is 91.0 Å². The van der Waals surface area contributed by atoms with E-state index in [9.17, 15) is 0 Å². The van der Waals surface area contributed by atoms with Gasteiger partial charge < -0.3 is 0 Å². The molecule has 0 nitrogen and oxygen atoms in total. The highest BCUT2D eigenvalue weighted by molar-refractivity contribution is 6.14. The second kappa shape index (κ2) is 6.16. The molecule has 0 saturated carbocycles. The van der Waals surface area contributed by atoms with E-state index < -0.39 is 0 Å². The maximum atomic E-state index is 3.27. The molecule has 0 aliphatic carbocycles. The molecule has 0 saturated heterocycles. The molecule has 0 aliphatic heterocycles. The van der Waals surface area contributed by atoms with Gasteiger partial charge in [-0.25, -0.2) is 0 Å². The number of hydrogen-bond acceptors (Lipinski definition) is 0. The number of benzene rings is 5. The minimum absolute atomic E-state index is 1.24. The first-order chi connectivity index (χ1) is 12.9. The van der Waals surface area contributed by atoms with Crippen molar-refractivity contribution < 1.29 is 0 Å². The summed E-state index contributed by atoms with van der Waals surface area (Å²) in [6.45, 7) is 0. The summed E-state index contributed by atoms with van der Waals surface area (Å²) in [7, 11) is 0. The Kier molecular flexibility index (Phi) is 3.54. The van der Waals surface area contributed by atoms with E-state index in [-0.39, 0.29) is 0 Å². The van der Waals surface area contributed by atoms with Gasteiger partial charge >= 0.3 is 0 Å². The predicted octanol–water partition coefficient (Wildman–Crippen LogP) is 7.13. The number of fused-ring (bicyclic) bond motifs is 2. The monoisotopic (exact) mass is 329 g/mol. The van der Waals surface area contributed by atoms with Gasteiger partial charge in [0.25, 0.3) is 0 Å². The molecule has 0 fully saturated rings. The second-order valence-corrected chi connectivity index (χ2v) is 6.53. The third-order valence-electron chi connectivity index (χ3n) is 4.99. The minimum Gasteiger partial charge on any atom is -0.0622 e. The summed E-state index contributed by atoms with van der Waals surface area (Å²) >= 11 is 0. The Bertz CT molecular complexity index is 1160. The first kappa shape index (κ1) is 14.9. The van der Waals surface area contributed by atoms with Gasteiger partial charge in [0.2, 0.25) is 0 Å². The molecule has 0 heterocycles. The predicted molar refractivity (Wildman–Crippen MR) is 111 cm³/mol. The molecular weight excluding hydrogens is 312 g/mol. The summed E-state index contributed by atoms with van der Waals surface area (Å²) in [5.74, 6) is 0.